The topological polar surface area (TPSA) is 51.2 Å². The van der Waals surface area contributed by atoms with Crippen LogP contribution in [0.5, 0.6) is 5.75 Å². The quantitative estimate of drug-likeness (QED) is 0.643. The highest BCUT2D eigenvalue weighted by Gasteiger charge is 2.18. The second kappa shape index (κ2) is 7.91. The minimum atomic E-state index is -0.374. The molecule has 1 N–H and O–H groups in total. The molecule has 24 heavy (non-hydrogen) atoms. The molecule has 0 fully saturated rings. The molecule has 0 bridgehead atoms. The molecule has 1 aromatic heterocycles. The van der Waals surface area contributed by atoms with Crippen molar-refractivity contribution >= 4 is 62.5 Å². The fourth-order valence-electron chi connectivity index (χ4n) is 1.97. The molecule has 128 valence electrons. The van der Waals surface area contributed by atoms with Gasteiger partial charge in [0.1, 0.15) is 5.82 Å². The highest BCUT2D eigenvalue weighted by Crippen LogP contribution is 2.42. The zero-order valence-electron chi connectivity index (χ0n) is 13.1. The normalized spacial score (nSPS) is 10.6. The number of aryl methyl sites for hydroxylation is 1. The SMILES string of the molecule is Cc1nc(NC(=O)COc2c(Cl)c(C)c(Cl)c(C)c2Cl)ccc1Br. The molecule has 1 amide bonds. The van der Waals surface area contributed by atoms with Crippen LogP contribution in [-0.4, -0.2) is 17.5 Å². The molecule has 0 unspecified atom stereocenters. The van der Waals surface area contributed by atoms with Gasteiger partial charge in [0.2, 0.25) is 0 Å². The third-order valence-corrected chi connectivity index (χ3v) is 5.67. The van der Waals surface area contributed by atoms with Crippen molar-refractivity contribution < 1.29 is 9.53 Å². The van der Waals surface area contributed by atoms with Crippen molar-refractivity contribution in [2.75, 3.05) is 11.9 Å². The summed E-state index contributed by atoms with van der Waals surface area (Å²) in [6, 6.07) is 3.49. The maximum atomic E-state index is 12.0. The van der Waals surface area contributed by atoms with Gasteiger partial charge in [0, 0.05) is 9.50 Å². The largest absolute Gasteiger partial charge is 0.481 e. The van der Waals surface area contributed by atoms with Crippen LogP contribution >= 0.6 is 50.7 Å². The first-order valence-corrected chi connectivity index (χ1v) is 8.84. The number of benzene rings is 1. The van der Waals surface area contributed by atoms with Crippen molar-refractivity contribution in [1.29, 1.82) is 0 Å². The number of hydrogen-bond acceptors (Lipinski definition) is 3. The summed E-state index contributed by atoms with van der Waals surface area (Å²) < 4.78 is 6.36. The maximum Gasteiger partial charge on any atom is 0.263 e. The third-order valence-electron chi connectivity index (χ3n) is 3.35. The number of carbonyl (C=O) groups is 1. The maximum absolute atomic E-state index is 12.0. The van der Waals surface area contributed by atoms with Crippen LogP contribution in [0.4, 0.5) is 5.82 Å². The van der Waals surface area contributed by atoms with Crippen LogP contribution in [0.1, 0.15) is 16.8 Å². The van der Waals surface area contributed by atoms with Gasteiger partial charge in [-0.15, -0.1) is 0 Å². The van der Waals surface area contributed by atoms with Crippen molar-refractivity contribution in [3.63, 3.8) is 0 Å². The number of rotatable bonds is 4. The van der Waals surface area contributed by atoms with Crippen LogP contribution in [0.25, 0.3) is 0 Å². The van der Waals surface area contributed by atoms with Crippen molar-refractivity contribution in [2.45, 2.75) is 20.8 Å². The van der Waals surface area contributed by atoms with E-state index in [1.807, 2.05) is 6.92 Å². The van der Waals surface area contributed by atoms with Gasteiger partial charge in [0.05, 0.1) is 15.7 Å². The predicted molar refractivity (Wildman–Crippen MR) is 102 cm³/mol. The first kappa shape index (κ1) is 19.3. The number of hydrogen-bond donors (Lipinski definition) is 1. The smallest absolute Gasteiger partial charge is 0.263 e. The fraction of sp³-hybridized carbons (Fsp3) is 0.250. The van der Waals surface area contributed by atoms with Crippen LogP contribution in [0.2, 0.25) is 15.1 Å². The standard InChI is InChI=1S/C16H14BrCl3N2O2/c1-7-13(18)8(2)15(20)16(14(7)19)24-6-12(23)22-11-5-4-10(17)9(3)21-11/h4-5H,6H2,1-3H3,(H,21,22,23). The predicted octanol–water partition coefficient (Wildman–Crippen LogP) is 5.75. The lowest BCUT2D eigenvalue weighted by molar-refractivity contribution is -0.118. The van der Waals surface area contributed by atoms with Gasteiger partial charge in [-0.05, 0) is 60.0 Å². The molecule has 0 atom stereocenters. The van der Waals surface area contributed by atoms with E-state index in [4.69, 9.17) is 39.5 Å². The second-order valence-corrected chi connectivity index (χ2v) is 7.11. The molecule has 8 heteroatoms. The Morgan fingerprint density at radius 1 is 1.12 bits per heavy atom. The second-order valence-electron chi connectivity index (χ2n) is 5.12. The van der Waals surface area contributed by atoms with E-state index in [2.05, 4.69) is 26.2 Å². The molecule has 0 saturated carbocycles. The number of aromatic nitrogens is 1. The Hall–Kier alpha value is -1.01. The van der Waals surface area contributed by atoms with E-state index in [1.54, 1.807) is 26.0 Å². The molecule has 0 aliphatic carbocycles. The summed E-state index contributed by atoms with van der Waals surface area (Å²) in [5, 5.41) is 3.72. The summed E-state index contributed by atoms with van der Waals surface area (Å²) in [5.74, 6) is 0.305. The minimum Gasteiger partial charge on any atom is -0.481 e. The summed E-state index contributed by atoms with van der Waals surface area (Å²) in [6.45, 7) is 5.09. The van der Waals surface area contributed by atoms with Crippen LogP contribution < -0.4 is 10.1 Å². The van der Waals surface area contributed by atoms with E-state index < -0.39 is 0 Å². The average Bonchev–Trinajstić information content (AvgIpc) is 2.54. The monoisotopic (exact) mass is 450 g/mol. The first-order chi connectivity index (χ1) is 11.2. The van der Waals surface area contributed by atoms with Crippen LogP contribution in [-0.2, 0) is 4.79 Å². The Balaban J connectivity index is 2.11. The molecule has 1 aromatic carbocycles. The lowest BCUT2D eigenvalue weighted by Crippen LogP contribution is -2.21. The Morgan fingerprint density at radius 3 is 2.25 bits per heavy atom. The van der Waals surface area contributed by atoms with Crippen molar-refractivity contribution in [2.24, 2.45) is 0 Å². The van der Waals surface area contributed by atoms with Crippen molar-refractivity contribution in [1.82, 2.24) is 4.98 Å². The Morgan fingerprint density at radius 2 is 1.71 bits per heavy atom. The van der Waals surface area contributed by atoms with Gasteiger partial charge < -0.3 is 10.1 Å². The van der Waals surface area contributed by atoms with Gasteiger partial charge in [-0.2, -0.15) is 0 Å². The summed E-state index contributed by atoms with van der Waals surface area (Å²) in [7, 11) is 0. The van der Waals surface area contributed by atoms with E-state index in [0.717, 1.165) is 10.2 Å². The van der Waals surface area contributed by atoms with Gasteiger partial charge in [-0.1, -0.05) is 34.8 Å². The van der Waals surface area contributed by atoms with Gasteiger partial charge in [0.15, 0.2) is 12.4 Å². The number of ether oxygens (including phenoxy) is 1. The zero-order valence-corrected chi connectivity index (χ0v) is 17.0. The van der Waals surface area contributed by atoms with E-state index >= 15 is 0 Å². The van der Waals surface area contributed by atoms with Crippen LogP contribution in [0, 0.1) is 20.8 Å². The Labute approximate surface area is 163 Å². The van der Waals surface area contributed by atoms with E-state index in [1.165, 1.54) is 0 Å². The highest BCUT2D eigenvalue weighted by atomic mass is 79.9. The molecule has 0 spiro atoms. The molecule has 1 heterocycles. The zero-order chi connectivity index (χ0) is 18.0. The minimum absolute atomic E-state index is 0.243. The molecule has 2 aromatic rings. The van der Waals surface area contributed by atoms with Gasteiger partial charge in [-0.25, -0.2) is 4.98 Å². The van der Waals surface area contributed by atoms with Crippen molar-refractivity contribution in [3.8, 4) is 5.75 Å². The van der Waals surface area contributed by atoms with E-state index in [0.29, 0.717) is 32.0 Å². The molecule has 0 radical (unpaired) electrons. The van der Waals surface area contributed by atoms with Gasteiger partial charge in [0.25, 0.3) is 5.91 Å². The van der Waals surface area contributed by atoms with Gasteiger partial charge >= 0.3 is 0 Å². The molecule has 2 rings (SSSR count). The molecular formula is C16H14BrCl3N2O2. The molecule has 4 nitrogen and oxygen atoms in total. The van der Waals surface area contributed by atoms with Gasteiger partial charge in [-0.3, -0.25) is 4.79 Å². The fourth-order valence-corrected chi connectivity index (χ4v) is 3.01. The number of carbonyl (C=O) groups excluding carboxylic acids is 1. The number of nitrogens with zero attached hydrogens (tertiary/aromatic N) is 1. The summed E-state index contributed by atoms with van der Waals surface area (Å²) >= 11 is 21.9. The number of pyridine rings is 1. The van der Waals surface area contributed by atoms with E-state index in [9.17, 15) is 4.79 Å². The number of anilines is 1. The summed E-state index contributed by atoms with van der Waals surface area (Å²) in [6.07, 6.45) is 0. The molecule has 0 aliphatic rings. The average molecular weight is 453 g/mol. The van der Waals surface area contributed by atoms with E-state index in [-0.39, 0.29) is 18.3 Å². The lowest BCUT2D eigenvalue weighted by atomic mass is 10.1. The third kappa shape index (κ3) is 4.14. The number of halogens is 4. The lowest BCUT2D eigenvalue weighted by Gasteiger charge is -2.15. The molecular weight excluding hydrogens is 438 g/mol. The highest BCUT2D eigenvalue weighted by molar-refractivity contribution is 9.10. The summed E-state index contributed by atoms with van der Waals surface area (Å²) in [4.78, 5) is 16.3. The van der Waals surface area contributed by atoms with Crippen molar-refractivity contribution in [3.05, 3.63) is 48.5 Å². The van der Waals surface area contributed by atoms with Crippen LogP contribution in [0.15, 0.2) is 16.6 Å². The molecule has 0 aliphatic heterocycles. The number of amides is 1. The first-order valence-electron chi connectivity index (χ1n) is 6.91. The molecule has 0 saturated heterocycles. The Kier molecular flexibility index (Phi) is 6.37. The number of nitrogens with one attached hydrogen (secondary N) is 1. The van der Waals surface area contributed by atoms with Crippen LogP contribution in [0.3, 0.4) is 0 Å². The Bertz CT molecular complexity index is 783. The summed E-state index contributed by atoms with van der Waals surface area (Å²) in [5.41, 5.74) is 2.07.